The van der Waals surface area contributed by atoms with Crippen molar-refractivity contribution in [3.8, 4) is 23.0 Å². The number of ketones is 1. The second-order valence-electron chi connectivity index (χ2n) is 8.61. The molecule has 2 unspecified atom stereocenters. The molecule has 1 N–H and O–H groups in total. The van der Waals surface area contributed by atoms with Gasteiger partial charge in [-0.25, -0.2) is 4.68 Å². The first-order valence-corrected chi connectivity index (χ1v) is 11.4. The molecule has 5 rings (SSSR count). The normalized spacial score (nSPS) is 18.9. The van der Waals surface area contributed by atoms with Crippen molar-refractivity contribution in [3.63, 3.8) is 0 Å². The van der Waals surface area contributed by atoms with Crippen LogP contribution < -0.4 is 24.3 Å². The summed E-state index contributed by atoms with van der Waals surface area (Å²) in [6, 6.07) is 11.2. The predicted molar refractivity (Wildman–Crippen MR) is 130 cm³/mol. The van der Waals surface area contributed by atoms with Gasteiger partial charge < -0.3 is 24.3 Å². The van der Waals surface area contributed by atoms with E-state index in [9.17, 15) is 4.79 Å². The van der Waals surface area contributed by atoms with E-state index in [0.29, 0.717) is 47.4 Å². The summed E-state index contributed by atoms with van der Waals surface area (Å²) in [6.07, 6.45) is 1.08. The summed E-state index contributed by atoms with van der Waals surface area (Å²) in [4.78, 5) is 18.3. The first-order valence-electron chi connectivity index (χ1n) is 11.4. The molecular formula is C26H28N4O5. The maximum Gasteiger partial charge on any atom is 0.226 e. The van der Waals surface area contributed by atoms with Gasteiger partial charge in [0, 0.05) is 17.7 Å². The lowest BCUT2D eigenvalue weighted by Gasteiger charge is -2.35. The van der Waals surface area contributed by atoms with Crippen molar-refractivity contribution >= 4 is 11.7 Å². The largest absolute Gasteiger partial charge is 0.497 e. The minimum absolute atomic E-state index is 0.0517. The van der Waals surface area contributed by atoms with Crippen LogP contribution in [0.15, 0.2) is 47.7 Å². The topological polar surface area (TPSA) is 96.7 Å². The van der Waals surface area contributed by atoms with E-state index in [1.165, 1.54) is 0 Å². The Hall–Kier alpha value is -4.01. The Balaban J connectivity index is 1.62. The minimum Gasteiger partial charge on any atom is -0.497 e. The van der Waals surface area contributed by atoms with Gasteiger partial charge in [-0.05, 0) is 54.7 Å². The van der Waals surface area contributed by atoms with E-state index in [1.54, 1.807) is 33.1 Å². The molecule has 182 valence electrons. The first kappa shape index (κ1) is 22.8. The molecule has 0 amide bonds. The molecule has 2 aliphatic rings. The number of nitrogens with zero attached hydrogens (tertiary/aromatic N) is 3. The predicted octanol–water partition coefficient (Wildman–Crippen LogP) is 4.04. The fourth-order valence-corrected chi connectivity index (χ4v) is 5.00. The van der Waals surface area contributed by atoms with Gasteiger partial charge in [-0.3, -0.25) is 4.79 Å². The smallest absolute Gasteiger partial charge is 0.226 e. The highest BCUT2D eigenvalue weighted by atomic mass is 16.5. The van der Waals surface area contributed by atoms with Crippen molar-refractivity contribution in [3.05, 3.63) is 64.6 Å². The van der Waals surface area contributed by atoms with Crippen LogP contribution in [-0.2, 0) is 4.79 Å². The van der Waals surface area contributed by atoms with Crippen molar-refractivity contribution in [1.29, 1.82) is 0 Å². The number of hydrogen-bond acceptors (Lipinski definition) is 8. The molecule has 1 aromatic heterocycles. The number of aryl methyl sites for hydroxylation is 1. The lowest BCUT2D eigenvalue weighted by Crippen LogP contribution is -2.33. The van der Waals surface area contributed by atoms with Crippen LogP contribution in [0.3, 0.4) is 0 Å². The van der Waals surface area contributed by atoms with Crippen molar-refractivity contribution < 1.29 is 23.7 Å². The van der Waals surface area contributed by atoms with Crippen molar-refractivity contribution in [2.75, 3.05) is 33.8 Å². The number of hydrogen-bond donors (Lipinski definition) is 1. The van der Waals surface area contributed by atoms with Crippen LogP contribution in [0, 0.1) is 6.92 Å². The molecule has 0 radical (unpaired) electrons. The van der Waals surface area contributed by atoms with E-state index in [1.807, 2.05) is 43.3 Å². The zero-order chi connectivity index (χ0) is 24.7. The molecule has 9 nitrogen and oxygen atoms in total. The number of methoxy groups -OCH3 is 4. The summed E-state index contributed by atoms with van der Waals surface area (Å²) in [7, 11) is 6.35. The number of nitrogens with one attached hydrogen (secondary N) is 1. The summed E-state index contributed by atoms with van der Waals surface area (Å²) < 4.78 is 23.7. The van der Waals surface area contributed by atoms with Gasteiger partial charge in [-0.2, -0.15) is 10.1 Å². The van der Waals surface area contributed by atoms with E-state index in [2.05, 4.69) is 15.4 Å². The molecule has 1 aliphatic heterocycles. The third-order valence-corrected chi connectivity index (χ3v) is 6.62. The average Bonchev–Trinajstić information content (AvgIpc) is 3.25. The molecule has 0 fully saturated rings. The zero-order valence-corrected chi connectivity index (χ0v) is 20.4. The average molecular weight is 477 g/mol. The van der Waals surface area contributed by atoms with Gasteiger partial charge in [0.25, 0.3) is 0 Å². The number of Topliss-reactive ketones (excluding diaryl/α,β-unsaturated/α-hetero) is 1. The lowest BCUT2D eigenvalue weighted by molar-refractivity contribution is -0.116. The summed E-state index contributed by atoms with van der Waals surface area (Å²) >= 11 is 0. The highest BCUT2D eigenvalue weighted by Gasteiger charge is 2.40. The number of benzene rings is 2. The molecule has 0 bridgehead atoms. The minimum atomic E-state index is -0.472. The quantitative estimate of drug-likeness (QED) is 0.570. The third kappa shape index (κ3) is 3.86. The van der Waals surface area contributed by atoms with Gasteiger partial charge in [0.2, 0.25) is 11.7 Å². The Kier molecular flexibility index (Phi) is 5.84. The summed E-state index contributed by atoms with van der Waals surface area (Å²) in [5.74, 6) is 3.64. The number of carbonyl (C=O) groups is 1. The van der Waals surface area contributed by atoms with E-state index < -0.39 is 6.04 Å². The molecule has 1 aliphatic carbocycles. The Labute approximate surface area is 203 Å². The third-order valence-electron chi connectivity index (χ3n) is 6.62. The molecular weight excluding hydrogens is 448 g/mol. The highest BCUT2D eigenvalue weighted by molar-refractivity contribution is 6.00. The van der Waals surface area contributed by atoms with Crippen molar-refractivity contribution in [2.45, 2.75) is 31.7 Å². The summed E-state index contributed by atoms with van der Waals surface area (Å²) in [5, 5.41) is 8.00. The highest BCUT2D eigenvalue weighted by Crippen LogP contribution is 2.47. The number of carbonyl (C=O) groups excluding carboxylic acids is 1. The number of ether oxygens (including phenoxy) is 4. The van der Waals surface area contributed by atoms with Crippen LogP contribution in [0.25, 0.3) is 0 Å². The Bertz CT molecular complexity index is 1290. The van der Waals surface area contributed by atoms with E-state index in [0.717, 1.165) is 22.6 Å². The number of allylic oxidation sites excluding steroid dienone is 2. The summed E-state index contributed by atoms with van der Waals surface area (Å²) in [5.41, 5.74) is 3.44. The maximum atomic E-state index is 13.7. The first-order chi connectivity index (χ1) is 17.0. The fraction of sp³-hybridized carbons (Fsp3) is 0.346. The van der Waals surface area contributed by atoms with Gasteiger partial charge in [-0.1, -0.05) is 12.1 Å². The van der Waals surface area contributed by atoms with Crippen LogP contribution in [-0.4, -0.2) is 49.0 Å². The van der Waals surface area contributed by atoms with Gasteiger partial charge in [-0.15, -0.1) is 0 Å². The Morgan fingerprint density at radius 2 is 1.60 bits per heavy atom. The van der Waals surface area contributed by atoms with Gasteiger partial charge >= 0.3 is 0 Å². The molecule has 2 heterocycles. The van der Waals surface area contributed by atoms with Gasteiger partial charge in [0.1, 0.15) is 17.6 Å². The molecule has 0 spiro atoms. The monoisotopic (exact) mass is 476 g/mol. The maximum absolute atomic E-state index is 13.7. The summed E-state index contributed by atoms with van der Waals surface area (Å²) in [6.45, 7) is 1.83. The zero-order valence-electron chi connectivity index (χ0n) is 20.4. The van der Waals surface area contributed by atoms with Crippen LogP contribution in [0.5, 0.6) is 23.0 Å². The van der Waals surface area contributed by atoms with E-state index in [-0.39, 0.29) is 11.7 Å². The number of aromatic nitrogens is 3. The van der Waals surface area contributed by atoms with Crippen LogP contribution in [0.4, 0.5) is 5.95 Å². The molecule has 2 atom stereocenters. The van der Waals surface area contributed by atoms with Crippen molar-refractivity contribution in [1.82, 2.24) is 14.8 Å². The Morgan fingerprint density at radius 1 is 0.914 bits per heavy atom. The van der Waals surface area contributed by atoms with E-state index in [4.69, 9.17) is 18.9 Å². The lowest BCUT2D eigenvalue weighted by atomic mass is 9.78. The second-order valence-corrected chi connectivity index (χ2v) is 8.61. The molecule has 2 aromatic carbocycles. The number of rotatable bonds is 6. The Morgan fingerprint density at radius 3 is 2.20 bits per heavy atom. The number of fused-ring (bicyclic) bond motifs is 1. The van der Waals surface area contributed by atoms with Crippen molar-refractivity contribution in [2.24, 2.45) is 0 Å². The van der Waals surface area contributed by atoms with Crippen LogP contribution >= 0.6 is 0 Å². The molecule has 0 saturated heterocycles. The molecule has 9 heteroatoms. The van der Waals surface area contributed by atoms with Crippen LogP contribution in [0.2, 0.25) is 0 Å². The number of anilines is 1. The molecule has 3 aromatic rings. The molecule has 35 heavy (non-hydrogen) atoms. The molecule has 0 saturated carbocycles. The SMILES string of the molecule is COc1ccc(C2CC(=O)C3=C(C2)Nc2nc(C)nn2C3c2cc(OC)c(OC)c(OC)c2)cc1. The van der Waals surface area contributed by atoms with E-state index >= 15 is 0 Å². The second kappa shape index (κ2) is 8.98. The van der Waals surface area contributed by atoms with Crippen LogP contribution in [0.1, 0.15) is 41.8 Å². The van der Waals surface area contributed by atoms with Gasteiger partial charge in [0.15, 0.2) is 17.3 Å². The standard InChI is InChI=1S/C26H28N4O5/c1-14-27-26-28-19-10-16(15-6-8-18(32-2)9-7-15)11-20(31)23(19)24(30(26)29-14)17-12-21(33-3)25(35-5)22(13-17)34-4/h6-9,12-13,16,24H,10-11H2,1-5H3,(H,27,28,29). The fourth-order valence-electron chi connectivity index (χ4n) is 5.00. The van der Waals surface area contributed by atoms with Gasteiger partial charge in [0.05, 0.1) is 28.4 Å².